The van der Waals surface area contributed by atoms with Crippen molar-refractivity contribution in [2.75, 3.05) is 18.0 Å². The van der Waals surface area contributed by atoms with E-state index in [-0.39, 0.29) is 0 Å². The first-order valence-electron chi connectivity index (χ1n) is 5.78. The lowest BCUT2D eigenvalue weighted by Crippen LogP contribution is -2.34. The van der Waals surface area contributed by atoms with Gasteiger partial charge in [-0.3, -0.25) is 4.79 Å². The van der Waals surface area contributed by atoms with Crippen molar-refractivity contribution >= 4 is 22.6 Å². The fourth-order valence-electron chi connectivity index (χ4n) is 2.25. The van der Waals surface area contributed by atoms with E-state index in [1.807, 2.05) is 17.7 Å². The van der Waals surface area contributed by atoms with Gasteiger partial charge in [0.25, 0.3) is 0 Å². The van der Waals surface area contributed by atoms with Gasteiger partial charge in [0.2, 0.25) is 0 Å². The summed E-state index contributed by atoms with van der Waals surface area (Å²) < 4.78 is 1.98. The Morgan fingerprint density at radius 3 is 2.76 bits per heavy atom. The van der Waals surface area contributed by atoms with Gasteiger partial charge in [0, 0.05) is 39.2 Å². The van der Waals surface area contributed by atoms with Crippen LogP contribution in [0.4, 0.5) is 5.82 Å². The van der Waals surface area contributed by atoms with Crippen LogP contribution in [0.2, 0.25) is 0 Å². The average Bonchev–Trinajstić information content (AvgIpc) is 2.73. The second-order valence-corrected chi connectivity index (χ2v) is 4.38. The van der Waals surface area contributed by atoms with Crippen molar-refractivity contribution in [3.05, 3.63) is 18.6 Å². The van der Waals surface area contributed by atoms with E-state index in [2.05, 4.69) is 14.9 Å². The van der Waals surface area contributed by atoms with Crippen LogP contribution in [-0.2, 0) is 11.8 Å². The van der Waals surface area contributed by atoms with Crippen molar-refractivity contribution in [1.29, 1.82) is 0 Å². The molecule has 0 aliphatic carbocycles. The molecule has 3 rings (SSSR count). The number of piperidine rings is 1. The third-order valence-corrected chi connectivity index (χ3v) is 3.24. The van der Waals surface area contributed by atoms with Gasteiger partial charge < -0.3 is 9.47 Å². The van der Waals surface area contributed by atoms with Crippen LogP contribution < -0.4 is 4.90 Å². The van der Waals surface area contributed by atoms with Gasteiger partial charge in [-0.05, 0) is 6.07 Å². The van der Waals surface area contributed by atoms with Crippen LogP contribution in [-0.4, -0.2) is 33.4 Å². The second-order valence-electron chi connectivity index (χ2n) is 4.38. The lowest BCUT2D eigenvalue weighted by Gasteiger charge is -2.27. The minimum atomic E-state index is 0.342. The third kappa shape index (κ3) is 1.67. The molecule has 0 N–H and O–H groups in total. The normalized spacial score (nSPS) is 16.8. The fraction of sp³-hybridized carbons (Fsp3) is 0.417. The maximum Gasteiger partial charge on any atom is 0.156 e. The van der Waals surface area contributed by atoms with E-state index in [0.29, 0.717) is 18.6 Å². The molecule has 1 fully saturated rings. The monoisotopic (exact) mass is 230 g/mol. The molecule has 0 bridgehead atoms. The Kier molecular flexibility index (Phi) is 2.31. The van der Waals surface area contributed by atoms with E-state index in [9.17, 15) is 4.79 Å². The summed E-state index contributed by atoms with van der Waals surface area (Å²) in [4.78, 5) is 22.2. The number of Topliss-reactive ketones (excluding diaryl/α,β-unsaturated/α-hetero) is 1. The van der Waals surface area contributed by atoms with Gasteiger partial charge >= 0.3 is 0 Å². The standard InChI is InChI=1S/C12H14N4O/c1-15-8-14-11-10(15)2-5-13-12(11)16-6-3-9(17)4-7-16/h2,5,8H,3-4,6-7H2,1H3. The number of nitrogens with zero attached hydrogens (tertiary/aromatic N) is 4. The summed E-state index contributed by atoms with van der Waals surface area (Å²) >= 11 is 0. The first-order valence-corrected chi connectivity index (χ1v) is 5.78. The summed E-state index contributed by atoms with van der Waals surface area (Å²) in [6, 6.07) is 1.96. The molecule has 0 atom stereocenters. The molecular formula is C12H14N4O. The second kappa shape index (κ2) is 3.84. The number of hydrogen-bond acceptors (Lipinski definition) is 4. The SMILES string of the molecule is Cn1cnc2c(N3CCC(=O)CC3)nccc21. The van der Waals surface area contributed by atoms with Crippen molar-refractivity contribution in [3.63, 3.8) is 0 Å². The molecule has 0 aromatic carbocycles. The van der Waals surface area contributed by atoms with E-state index in [4.69, 9.17) is 0 Å². The predicted octanol–water partition coefficient (Wildman–Crippen LogP) is 1.14. The van der Waals surface area contributed by atoms with Gasteiger partial charge in [0.1, 0.15) is 11.3 Å². The minimum absolute atomic E-state index is 0.342. The van der Waals surface area contributed by atoms with Crippen molar-refractivity contribution in [1.82, 2.24) is 14.5 Å². The van der Waals surface area contributed by atoms with E-state index in [1.165, 1.54) is 0 Å². The van der Waals surface area contributed by atoms with Crippen LogP contribution in [0.1, 0.15) is 12.8 Å². The molecule has 17 heavy (non-hydrogen) atoms. The van der Waals surface area contributed by atoms with Gasteiger partial charge in [0.15, 0.2) is 5.82 Å². The zero-order valence-corrected chi connectivity index (χ0v) is 9.76. The quantitative estimate of drug-likeness (QED) is 0.737. The van der Waals surface area contributed by atoms with Gasteiger partial charge in [-0.2, -0.15) is 0 Å². The number of pyridine rings is 1. The highest BCUT2D eigenvalue weighted by atomic mass is 16.1. The first-order chi connectivity index (χ1) is 8.25. The molecule has 0 saturated carbocycles. The Morgan fingerprint density at radius 2 is 2.00 bits per heavy atom. The van der Waals surface area contributed by atoms with Crippen LogP contribution in [0.3, 0.4) is 0 Å². The molecule has 2 aromatic rings. The number of ketones is 1. The molecule has 1 saturated heterocycles. The highest BCUT2D eigenvalue weighted by molar-refractivity contribution is 5.88. The molecular weight excluding hydrogens is 216 g/mol. The summed E-state index contributed by atoms with van der Waals surface area (Å²) in [6.07, 6.45) is 4.83. The third-order valence-electron chi connectivity index (χ3n) is 3.24. The van der Waals surface area contributed by atoms with E-state index in [1.54, 1.807) is 12.5 Å². The molecule has 2 aromatic heterocycles. The molecule has 0 radical (unpaired) electrons. The number of rotatable bonds is 1. The molecule has 88 valence electrons. The highest BCUT2D eigenvalue weighted by Crippen LogP contribution is 2.24. The van der Waals surface area contributed by atoms with Gasteiger partial charge in [-0.25, -0.2) is 9.97 Å². The number of hydrogen-bond donors (Lipinski definition) is 0. The summed E-state index contributed by atoms with van der Waals surface area (Å²) in [5, 5.41) is 0. The van der Waals surface area contributed by atoms with E-state index >= 15 is 0 Å². The van der Waals surface area contributed by atoms with Crippen LogP contribution in [0.15, 0.2) is 18.6 Å². The number of aromatic nitrogens is 3. The number of carbonyl (C=O) groups excluding carboxylic acids is 1. The molecule has 1 aliphatic rings. The van der Waals surface area contributed by atoms with Crippen LogP contribution in [0, 0.1) is 0 Å². The predicted molar refractivity (Wildman–Crippen MR) is 65.0 cm³/mol. The van der Waals surface area contributed by atoms with Crippen molar-refractivity contribution < 1.29 is 4.79 Å². The number of anilines is 1. The summed E-state index contributed by atoms with van der Waals surface area (Å²) in [5.74, 6) is 1.24. The van der Waals surface area contributed by atoms with Crippen LogP contribution in [0.5, 0.6) is 0 Å². The molecule has 3 heterocycles. The van der Waals surface area contributed by atoms with Gasteiger partial charge in [-0.15, -0.1) is 0 Å². The van der Waals surface area contributed by atoms with Gasteiger partial charge in [-0.1, -0.05) is 0 Å². The largest absolute Gasteiger partial charge is 0.354 e. The lowest BCUT2D eigenvalue weighted by atomic mass is 10.1. The molecule has 1 aliphatic heterocycles. The van der Waals surface area contributed by atoms with Crippen molar-refractivity contribution in [2.45, 2.75) is 12.8 Å². The zero-order valence-electron chi connectivity index (χ0n) is 9.76. The Labute approximate surface area is 99.1 Å². The minimum Gasteiger partial charge on any atom is -0.354 e. The zero-order chi connectivity index (χ0) is 11.8. The number of carbonyl (C=O) groups is 1. The van der Waals surface area contributed by atoms with E-state index in [0.717, 1.165) is 29.9 Å². The average molecular weight is 230 g/mol. The summed E-state index contributed by atoms with van der Waals surface area (Å²) in [6.45, 7) is 1.50. The fourth-order valence-corrected chi connectivity index (χ4v) is 2.25. The molecule has 0 spiro atoms. The van der Waals surface area contributed by atoms with Crippen molar-refractivity contribution in [3.8, 4) is 0 Å². The van der Waals surface area contributed by atoms with Gasteiger partial charge in [0.05, 0.1) is 11.8 Å². The molecule has 0 amide bonds. The molecule has 0 unspecified atom stereocenters. The van der Waals surface area contributed by atoms with E-state index < -0.39 is 0 Å². The number of aryl methyl sites for hydroxylation is 1. The first kappa shape index (κ1) is 10.3. The van der Waals surface area contributed by atoms with Crippen molar-refractivity contribution in [2.24, 2.45) is 7.05 Å². The Hall–Kier alpha value is -1.91. The Morgan fingerprint density at radius 1 is 1.24 bits per heavy atom. The topological polar surface area (TPSA) is 51.0 Å². The Bertz CT molecular complexity index is 565. The maximum absolute atomic E-state index is 11.2. The molecule has 5 heteroatoms. The summed E-state index contributed by atoms with van der Waals surface area (Å²) in [7, 11) is 1.97. The smallest absolute Gasteiger partial charge is 0.156 e. The highest BCUT2D eigenvalue weighted by Gasteiger charge is 2.20. The Balaban J connectivity index is 2.02. The number of fused-ring (bicyclic) bond motifs is 1. The van der Waals surface area contributed by atoms with Crippen LogP contribution >= 0.6 is 0 Å². The molecule has 5 nitrogen and oxygen atoms in total. The number of imidazole rings is 1. The summed E-state index contributed by atoms with van der Waals surface area (Å²) in [5.41, 5.74) is 2.00. The van der Waals surface area contributed by atoms with Crippen LogP contribution in [0.25, 0.3) is 11.0 Å². The maximum atomic E-state index is 11.2. The lowest BCUT2D eigenvalue weighted by molar-refractivity contribution is -0.119.